The Morgan fingerprint density at radius 3 is 2.22 bits per heavy atom. The van der Waals surface area contributed by atoms with Gasteiger partial charge in [0.05, 0.1) is 53.0 Å². The van der Waals surface area contributed by atoms with E-state index < -0.39 is 88.8 Å². The smallest absolute Gasteiger partial charge is 0.312 e. The number of hydrogen-bond acceptors (Lipinski definition) is 14. The van der Waals surface area contributed by atoms with Crippen molar-refractivity contribution in [2.45, 2.75) is 85.6 Å². The Balaban J connectivity index is 1.96. The van der Waals surface area contributed by atoms with Crippen LogP contribution in [0, 0.1) is 30.6 Å². The van der Waals surface area contributed by atoms with Crippen LogP contribution in [0.2, 0.25) is 0 Å². The van der Waals surface area contributed by atoms with Gasteiger partial charge in [0.15, 0.2) is 5.75 Å². The van der Waals surface area contributed by atoms with Crippen molar-refractivity contribution in [1.29, 1.82) is 0 Å². The SMILES string of the molecule is CON=Cc1c2c(O)c3c(O)c(C)c4c(c3c1O)C(=O)[C@@](C)(O/C=C/[C@H](OC)[C@H](C)[C@@H](OC(C)=O)[C@@H](C)[C@H](O)[C@H](C)[C@@H](O)[C@@H](C)/C=C/C=C(/C)C(=O)N2)O4. The van der Waals surface area contributed by atoms with Crippen LogP contribution < -0.4 is 10.1 Å². The summed E-state index contributed by atoms with van der Waals surface area (Å²) in [6.45, 7) is 12.4. The molecule has 0 aliphatic carbocycles. The predicted molar refractivity (Wildman–Crippen MR) is 198 cm³/mol. The van der Waals surface area contributed by atoms with E-state index in [9.17, 15) is 39.9 Å². The van der Waals surface area contributed by atoms with Crippen LogP contribution in [0.25, 0.3) is 10.8 Å². The lowest BCUT2D eigenvalue weighted by molar-refractivity contribution is -0.160. The van der Waals surface area contributed by atoms with Gasteiger partial charge in [0.2, 0.25) is 0 Å². The van der Waals surface area contributed by atoms with E-state index in [0.717, 1.165) is 6.21 Å². The number of fused-ring (bicyclic) bond motifs is 14. The van der Waals surface area contributed by atoms with E-state index in [1.54, 1.807) is 39.8 Å². The van der Waals surface area contributed by atoms with Crippen molar-refractivity contribution < 1.29 is 63.7 Å². The average molecular weight is 755 g/mol. The van der Waals surface area contributed by atoms with Crippen molar-refractivity contribution >= 4 is 40.3 Å². The molecule has 2 aromatic carbocycles. The number of carbonyl (C=O) groups excluding carboxylic acids is 3. The molecule has 5 rings (SSSR count). The van der Waals surface area contributed by atoms with Crippen LogP contribution in [0.3, 0.4) is 0 Å². The molecular formula is C39H50N2O13. The molecule has 294 valence electrons. The zero-order chi connectivity index (χ0) is 40.4. The molecule has 0 spiro atoms. The van der Waals surface area contributed by atoms with Crippen molar-refractivity contribution in [3.05, 3.63) is 52.8 Å². The standard InChI is InChI=1S/C39H50N2O13/c1-17-12-11-13-18(2)38(49)41-29-24(16-40-51-10)33(46)26-27(34(29)47)32(45)22(6)36-28(26)37(48)39(8,54-36)52-15-14-25(50-9)19(3)35(53-23(7)42)21(5)31(44)20(4)30(17)43/h11-17,19-21,25,30-31,35,43-47H,1-10H3,(H,41,49)/b12-11+,15-14+,18-13-,40-16?/t17-,19-,20+,21-,25-,30-,31+,35+,39-/m0/s1. The normalized spacial score (nSPS) is 31.7. The molecule has 9 atom stereocenters. The Morgan fingerprint density at radius 2 is 1.61 bits per heavy atom. The molecule has 1 amide bonds. The highest BCUT2D eigenvalue weighted by atomic mass is 16.7. The number of ether oxygens (including phenoxy) is 4. The van der Waals surface area contributed by atoms with Crippen LogP contribution in [-0.2, 0) is 28.6 Å². The van der Waals surface area contributed by atoms with Crippen LogP contribution in [-0.4, -0.2) is 93.8 Å². The maximum atomic E-state index is 14.2. The summed E-state index contributed by atoms with van der Waals surface area (Å²) in [5, 5.41) is 63.0. The van der Waals surface area contributed by atoms with E-state index in [-0.39, 0.29) is 44.5 Å². The number of anilines is 1. The summed E-state index contributed by atoms with van der Waals surface area (Å²) in [6.07, 6.45) is 4.44. The van der Waals surface area contributed by atoms with Crippen molar-refractivity contribution in [2.75, 3.05) is 19.5 Å². The maximum absolute atomic E-state index is 14.2. The summed E-state index contributed by atoms with van der Waals surface area (Å²) in [6, 6.07) is 0. The van der Waals surface area contributed by atoms with Crippen molar-refractivity contribution in [3.63, 3.8) is 0 Å². The molecule has 15 nitrogen and oxygen atoms in total. The van der Waals surface area contributed by atoms with E-state index in [0.29, 0.717) is 0 Å². The van der Waals surface area contributed by atoms with E-state index in [4.69, 9.17) is 23.8 Å². The van der Waals surface area contributed by atoms with Crippen molar-refractivity contribution in [1.82, 2.24) is 0 Å². The van der Waals surface area contributed by atoms with Crippen LogP contribution >= 0.6 is 0 Å². The zero-order valence-corrected chi connectivity index (χ0v) is 32.0. The van der Waals surface area contributed by atoms with E-state index in [1.165, 1.54) is 60.3 Å². The first-order valence-corrected chi connectivity index (χ1v) is 17.5. The second kappa shape index (κ2) is 16.5. The van der Waals surface area contributed by atoms with Gasteiger partial charge in [-0.1, -0.05) is 51.1 Å². The number of nitrogens with one attached hydrogen (secondary N) is 1. The number of oxime groups is 1. The highest BCUT2D eigenvalue weighted by Crippen LogP contribution is 2.55. The number of aliphatic hydroxyl groups excluding tert-OH is 2. The van der Waals surface area contributed by atoms with Gasteiger partial charge in [-0.15, -0.1) is 0 Å². The summed E-state index contributed by atoms with van der Waals surface area (Å²) in [5.74, 6) is -8.63. The largest absolute Gasteiger partial charge is 0.507 e. The second-order valence-electron chi connectivity index (χ2n) is 14.0. The minimum absolute atomic E-state index is 0.0323. The highest BCUT2D eigenvalue weighted by Gasteiger charge is 2.50. The average Bonchev–Trinajstić information content (AvgIpc) is 3.39. The second-order valence-corrected chi connectivity index (χ2v) is 14.0. The fraction of sp³-hybridized carbons (Fsp3) is 0.487. The number of Topliss-reactive ketones (excluding diaryl/α,β-unsaturated/α-hetero) is 1. The summed E-state index contributed by atoms with van der Waals surface area (Å²) in [4.78, 5) is 44.7. The number of phenols is 3. The number of methoxy groups -OCH3 is 1. The Labute approximate surface area is 313 Å². The van der Waals surface area contributed by atoms with Crippen LogP contribution in [0.15, 0.2) is 41.3 Å². The number of ketones is 1. The minimum atomic E-state index is -2.05. The van der Waals surface area contributed by atoms with Gasteiger partial charge in [-0.2, -0.15) is 0 Å². The molecule has 54 heavy (non-hydrogen) atoms. The van der Waals surface area contributed by atoms with E-state index >= 15 is 0 Å². The molecule has 0 radical (unpaired) electrons. The molecule has 0 unspecified atom stereocenters. The lowest BCUT2D eigenvalue weighted by atomic mass is 9.78. The number of amides is 1. The topological polar surface area (TPSA) is 223 Å². The van der Waals surface area contributed by atoms with Gasteiger partial charge < -0.3 is 54.6 Å². The van der Waals surface area contributed by atoms with Gasteiger partial charge >= 0.3 is 11.8 Å². The summed E-state index contributed by atoms with van der Waals surface area (Å²) in [5.41, 5.74) is -0.636. The molecule has 3 aliphatic heterocycles. The molecule has 3 heterocycles. The fourth-order valence-electron chi connectivity index (χ4n) is 6.98. The minimum Gasteiger partial charge on any atom is -0.507 e. The van der Waals surface area contributed by atoms with Gasteiger partial charge in [0, 0.05) is 61.2 Å². The number of rotatable bonds is 4. The number of esters is 1. The predicted octanol–water partition coefficient (Wildman–Crippen LogP) is 4.73. The van der Waals surface area contributed by atoms with E-state index in [2.05, 4.69) is 10.5 Å². The molecule has 15 heteroatoms. The van der Waals surface area contributed by atoms with Gasteiger partial charge in [-0.25, -0.2) is 0 Å². The maximum Gasteiger partial charge on any atom is 0.312 e. The summed E-state index contributed by atoms with van der Waals surface area (Å²) in [7, 11) is 2.66. The van der Waals surface area contributed by atoms with Crippen molar-refractivity contribution in [2.24, 2.45) is 28.8 Å². The number of aliphatic hydroxyl groups is 2. The first kappa shape index (κ1) is 41.6. The third-order valence-corrected chi connectivity index (χ3v) is 10.3. The number of benzene rings is 2. The third kappa shape index (κ3) is 7.74. The molecule has 0 saturated heterocycles. The zero-order valence-electron chi connectivity index (χ0n) is 32.0. The van der Waals surface area contributed by atoms with Crippen molar-refractivity contribution in [3.8, 4) is 23.0 Å². The molecule has 2 aromatic rings. The lowest BCUT2D eigenvalue weighted by Crippen LogP contribution is -2.46. The Hall–Kier alpha value is -5.12. The lowest BCUT2D eigenvalue weighted by Gasteiger charge is -2.38. The number of hydrogen-bond donors (Lipinski definition) is 6. The summed E-state index contributed by atoms with van der Waals surface area (Å²) >= 11 is 0. The van der Waals surface area contributed by atoms with Crippen LogP contribution in [0.4, 0.5) is 5.69 Å². The van der Waals surface area contributed by atoms with E-state index in [1.807, 2.05) is 0 Å². The molecule has 0 saturated carbocycles. The Morgan fingerprint density at radius 1 is 0.944 bits per heavy atom. The molecule has 0 fully saturated rings. The van der Waals surface area contributed by atoms with Gasteiger partial charge in [-0.05, 0) is 19.9 Å². The number of nitrogens with zero attached hydrogens (tertiary/aromatic N) is 1. The fourth-order valence-corrected chi connectivity index (χ4v) is 6.98. The molecular weight excluding hydrogens is 704 g/mol. The first-order chi connectivity index (χ1) is 25.3. The highest BCUT2D eigenvalue weighted by molar-refractivity contribution is 6.23. The van der Waals surface area contributed by atoms with Crippen LogP contribution in [0.5, 0.6) is 23.0 Å². The molecule has 6 N–H and O–H groups in total. The number of carbonyl (C=O) groups is 3. The Kier molecular flexibility index (Phi) is 12.7. The Bertz CT molecular complexity index is 1920. The summed E-state index contributed by atoms with van der Waals surface area (Å²) < 4.78 is 23.3. The number of phenolic OH excluding ortho intramolecular Hbond substituents is 3. The molecule has 3 aliphatic rings. The van der Waals surface area contributed by atoms with Gasteiger partial charge in [-0.3, -0.25) is 14.4 Å². The number of allylic oxidation sites excluding steroid dienone is 2. The van der Waals surface area contributed by atoms with Gasteiger partial charge in [0.1, 0.15) is 30.5 Å². The number of aromatic hydroxyl groups is 3. The van der Waals surface area contributed by atoms with Gasteiger partial charge in [0.25, 0.3) is 11.7 Å². The molecule has 0 aromatic heterocycles. The monoisotopic (exact) mass is 754 g/mol. The molecule has 5 bridgehead atoms. The first-order valence-electron chi connectivity index (χ1n) is 17.5. The quantitative estimate of drug-likeness (QED) is 0.0818. The third-order valence-electron chi connectivity index (χ3n) is 10.3. The van der Waals surface area contributed by atoms with Crippen LogP contribution in [0.1, 0.15) is 70.0 Å².